The number of sulfonamides is 1. The van der Waals surface area contributed by atoms with Gasteiger partial charge < -0.3 is 5.32 Å². The molecule has 0 aromatic carbocycles. The largest absolute Gasteiger partial charge is 0.369 e. The van der Waals surface area contributed by atoms with Crippen LogP contribution in [0.5, 0.6) is 0 Å². The maximum atomic E-state index is 12.4. The van der Waals surface area contributed by atoms with E-state index in [0.29, 0.717) is 17.4 Å². The van der Waals surface area contributed by atoms with Crippen LogP contribution in [0.1, 0.15) is 34.6 Å². The smallest absolute Gasteiger partial charge is 0.242 e. The van der Waals surface area contributed by atoms with Crippen LogP contribution in [0.25, 0.3) is 0 Å². The fraction of sp³-hybridized carbons (Fsp3) is 0.643. The molecule has 0 spiro atoms. The zero-order valence-corrected chi connectivity index (χ0v) is 14.6. The third-order valence-corrected chi connectivity index (χ3v) is 6.44. The summed E-state index contributed by atoms with van der Waals surface area (Å²) in [6.07, 6.45) is 1.33. The molecule has 0 radical (unpaired) electrons. The van der Waals surface area contributed by atoms with E-state index in [-0.39, 0.29) is 21.8 Å². The Bertz CT molecular complexity index is 642. The predicted octanol–water partition coefficient (Wildman–Crippen LogP) is 2.88. The minimum atomic E-state index is -3.62. The van der Waals surface area contributed by atoms with Crippen molar-refractivity contribution in [3.05, 3.63) is 17.3 Å². The molecule has 7 heteroatoms. The third-order valence-electron chi connectivity index (χ3n) is 4.76. The van der Waals surface area contributed by atoms with Gasteiger partial charge in [0.2, 0.25) is 10.0 Å². The molecular formula is C14H22ClN3O2S. The highest BCUT2D eigenvalue weighted by molar-refractivity contribution is 7.89. The Balaban J connectivity index is 2.24. The highest BCUT2D eigenvalue weighted by atomic mass is 35.5. The summed E-state index contributed by atoms with van der Waals surface area (Å²) in [7, 11) is -3.62. The molecule has 1 aromatic rings. The van der Waals surface area contributed by atoms with Gasteiger partial charge in [0.15, 0.2) is 0 Å². The zero-order chi connectivity index (χ0) is 16.1. The van der Waals surface area contributed by atoms with Crippen molar-refractivity contribution in [3.8, 4) is 0 Å². The van der Waals surface area contributed by atoms with Crippen LogP contribution in [0.3, 0.4) is 0 Å². The summed E-state index contributed by atoms with van der Waals surface area (Å²) in [5, 5.41) is 3.28. The van der Waals surface area contributed by atoms with Gasteiger partial charge in [-0.2, -0.15) is 0 Å². The van der Waals surface area contributed by atoms with Crippen LogP contribution in [0.15, 0.2) is 17.2 Å². The Morgan fingerprint density at radius 3 is 2.29 bits per heavy atom. The summed E-state index contributed by atoms with van der Waals surface area (Å²) < 4.78 is 27.7. The average Bonchev–Trinajstić information content (AvgIpc) is 2.74. The molecule has 1 saturated carbocycles. The lowest BCUT2D eigenvalue weighted by Gasteiger charge is -2.10. The van der Waals surface area contributed by atoms with Gasteiger partial charge in [0.1, 0.15) is 10.7 Å². The molecule has 2 rings (SSSR count). The first-order valence-corrected chi connectivity index (χ1v) is 8.82. The second kappa shape index (κ2) is 5.11. The monoisotopic (exact) mass is 331 g/mol. The quantitative estimate of drug-likeness (QED) is 0.870. The first-order chi connectivity index (χ1) is 9.54. The lowest BCUT2D eigenvalue weighted by molar-refractivity contribution is 0.457. The maximum absolute atomic E-state index is 12.4. The molecule has 0 atom stereocenters. The third kappa shape index (κ3) is 2.76. The minimum Gasteiger partial charge on any atom is -0.369 e. The van der Waals surface area contributed by atoms with Crippen LogP contribution >= 0.6 is 11.6 Å². The molecule has 0 aliphatic heterocycles. The number of rotatable bonds is 5. The standard InChI is InChI=1S/C14H22ClN3O2S/c1-6-16-11-10(15)7-9(8-17-11)21(19,20)18-12-13(2,3)14(12,4)5/h7-8,12,18H,6H2,1-5H3,(H,16,17). The van der Waals surface area contributed by atoms with E-state index < -0.39 is 10.0 Å². The van der Waals surface area contributed by atoms with E-state index in [1.807, 2.05) is 6.92 Å². The Hall–Kier alpha value is -0.850. The highest BCUT2D eigenvalue weighted by Crippen LogP contribution is 2.62. The van der Waals surface area contributed by atoms with Crippen LogP contribution in [0.2, 0.25) is 5.02 Å². The zero-order valence-electron chi connectivity index (χ0n) is 13.0. The van der Waals surface area contributed by atoms with E-state index in [2.05, 4.69) is 42.7 Å². The maximum Gasteiger partial charge on any atom is 0.242 e. The molecule has 1 heterocycles. The molecule has 118 valence electrons. The van der Waals surface area contributed by atoms with E-state index in [1.165, 1.54) is 12.3 Å². The fourth-order valence-corrected chi connectivity index (χ4v) is 4.38. The summed E-state index contributed by atoms with van der Waals surface area (Å²) >= 11 is 6.06. The number of anilines is 1. The highest BCUT2D eigenvalue weighted by Gasteiger charge is 2.66. The second-order valence-electron chi connectivity index (χ2n) is 6.53. The van der Waals surface area contributed by atoms with E-state index >= 15 is 0 Å². The molecule has 1 fully saturated rings. The summed E-state index contributed by atoms with van der Waals surface area (Å²) in [4.78, 5) is 4.16. The van der Waals surface area contributed by atoms with Gasteiger partial charge in [0.25, 0.3) is 0 Å². The number of nitrogens with one attached hydrogen (secondary N) is 2. The molecule has 2 N–H and O–H groups in total. The predicted molar refractivity (Wildman–Crippen MR) is 85.1 cm³/mol. The van der Waals surface area contributed by atoms with Gasteiger partial charge in [0, 0.05) is 18.8 Å². The molecule has 0 unspecified atom stereocenters. The van der Waals surface area contributed by atoms with Crippen molar-refractivity contribution < 1.29 is 8.42 Å². The molecular weight excluding hydrogens is 310 g/mol. The summed E-state index contributed by atoms with van der Waals surface area (Å²) in [6.45, 7) is 10.8. The van der Waals surface area contributed by atoms with Crippen molar-refractivity contribution in [2.24, 2.45) is 10.8 Å². The van der Waals surface area contributed by atoms with Crippen molar-refractivity contribution >= 4 is 27.4 Å². The van der Waals surface area contributed by atoms with Gasteiger partial charge in [-0.15, -0.1) is 0 Å². The molecule has 0 amide bonds. The fourth-order valence-electron chi connectivity index (χ4n) is 2.58. The van der Waals surface area contributed by atoms with Gasteiger partial charge in [0.05, 0.1) is 5.02 Å². The van der Waals surface area contributed by atoms with Gasteiger partial charge in [-0.25, -0.2) is 18.1 Å². The molecule has 1 aromatic heterocycles. The van der Waals surface area contributed by atoms with Crippen molar-refractivity contribution in [3.63, 3.8) is 0 Å². The number of hydrogen-bond acceptors (Lipinski definition) is 4. The first kappa shape index (κ1) is 16.5. The number of hydrogen-bond donors (Lipinski definition) is 2. The number of pyridine rings is 1. The van der Waals surface area contributed by atoms with Gasteiger partial charge in [-0.05, 0) is 23.8 Å². The normalized spacial score (nSPS) is 20.3. The average molecular weight is 332 g/mol. The number of nitrogens with zero attached hydrogens (tertiary/aromatic N) is 1. The van der Waals surface area contributed by atoms with Gasteiger partial charge in [-0.3, -0.25) is 0 Å². The lowest BCUT2D eigenvalue weighted by atomic mass is 10.0. The van der Waals surface area contributed by atoms with Crippen LogP contribution in [0, 0.1) is 10.8 Å². The molecule has 21 heavy (non-hydrogen) atoms. The number of halogens is 1. The lowest BCUT2D eigenvalue weighted by Crippen LogP contribution is -2.30. The van der Waals surface area contributed by atoms with E-state index in [9.17, 15) is 8.42 Å². The Morgan fingerprint density at radius 1 is 1.29 bits per heavy atom. The minimum absolute atomic E-state index is 0.0685. The molecule has 0 saturated heterocycles. The number of aromatic nitrogens is 1. The van der Waals surface area contributed by atoms with E-state index in [4.69, 9.17) is 11.6 Å². The van der Waals surface area contributed by atoms with Crippen molar-refractivity contribution in [2.75, 3.05) is 11.9 Å². The SMILES string of the molecule is CCNc1ncc(S(=O)(=O)NC2C(C)(C)C2(C)C)cc1Cl. The van der Waals surface area contributed by atoms with Crippen molar-refractivity contribution in [1.82, 2.24) is 9.71 Å². The van der Waals surface area contributed by atoms with Crippen LogP contribution in [-0.4, -0.2) is 26.0 Å². The topological polar surface area (TPSA) is 71.1 Å². The van der Waals surface area contributed by atoms with Crippen LogP contribution in [0.4, 0.5) is 5.82 Å². The van der Waals surface area contributed by atoms with E-state index in [0.717, 1.165) is 0 Å². The Labute approximate surface area is 131 Å². The molecule has 5 nitrogen and oxygen atoms in total. The van der Waals surface area contributed by atoms with Gasteiger partial charge in [-0.1, -0.05) is 39.3 Å². The molecule has 1 aliphatic carbocycles. The Kier molecular flexibility index (Phi) is 4.02. The summed E-state index contributed by atoms with van der Waals surface area (Å²) in [5.41, 5.74) is -0.137. The van der Waals surface area contributed by atoms with Crippen molar-refractivity contribution in [1.29, 1.82) is 0 Å². The Morgan fingerprint density at radius 2 is 1.86 bits per heavy atom. The van der Waals surface area contributed by atoms with Crippen molar-refractivity contribution in [2.45, 2.75) is 45.6 Å². The second-order valence-corrected chi connectivity index (χ2v) is 8.65. The molecule has 1 aliphatic rings. The van der Waals surface area contributed by atoms with Gasteiger partial charge >= 0.3 is 0 Å². The van der Waals surface area contributed by atoms with E-state index in [1.54, 1.807) is 0 Å². The summed E-state index contributed by atoms with van der Waals surface area (Å²) in [6, 6.07) is 1.33. The molecule has 0 bridgehead atoms. The first-order valence-electron chi connectivity index (χ1n) is 6.96. The summed E-state index contributed by atoms with van der Waals surface area (Å²) in [5.74, 6) is 0.491. The van der Waals surface area contributed by atoms with Crippen LogP contribution in [-0.2, 0) is 10.0 Å². The van der Waals surface area contributed by atoms with Crippen LogP contribution < -0.4 is 10.0 Å².